The highest BCUT2D eigenvalue weighted by Crippen LogP contribution is 2.03. The lowest BCUT2D eigenvalue weighted by atomic mass is 10.1. The smallest absolute Gasteiger partial charge is 0.0534 e. The SMILES string of the molecule is CC(CCl)C(C)NCCn1cccn1. The van der Waals surface area contributed by atoms with Gasteiger partial charge in [0, 0.05) is 30.9 Å². The zero-order valence-electron chi connectivity index (χ0n) is 8.78. The van der Waals surface area contributed by atoms with Gasteiger partial charge in [0.05, 0.1) is 6.54 Å². The minimum absolute atomic E-state index is 0.461. The summed E-state index contributed by atoms with van der Waals surface area (Å²) < 4.78 is 1.92. The summed E-state index contributed by atoms with van der Waals surface area (Å²) in [4.78, 5) is 0. The molecule has 1 aromatic rings. The van der Waals surface area contributed by atoms with Gasteiger partial charge in [-0.2, -0.15) is 5.10 Å². The molecule has 2 unspecified atom stereocenters. The third kappa shape index (κ3) is 3.68. The van der Waals surface area contributed by atoms with Gasteiger partial charge in [0.1, 0.15) is 0 Å². The van der Waals surface area contributed by atoms with Crippen LogP contribution in [0.4, 0.5) is 0 Å². The van der Waals surface area contributed by atoms with Gasteiger partial charge in [-0.1, -0.05) is 6.92 Å². The Labute approximate surface area is 90.4 Å². The van der Waals surface area contributed by atoms with Gasteiger partial charge in [0.25, 0.3) is 0 Å². The number of rotatable bonds is 6. The minimum Gasteiger partial charge on any atom is -0.312 e. The summed E-state index contributed by atoms with van der Waals surface area (Å²) in [6.45, 7) is 6.16. The summed E-state index contributed by atoms with van der Waals surface area (Å²) in [5.74, 6) is 1.21. The maximum atomic E-state index is 5.77. The molecular weight excluding hydrogens is 198 g/mol. The van der Waals surface area contributed by atoms with Crippen LogP contribution in [0.15, 0.2) is 18.5 Å². The maximum absolute atomic E-state index is 5.77. The third-order valence-electron chi connectivity index (χ3n) is 2.46. The first-order valence-corrected chi connectivity index (χ1v) is 5.54. The quantitative estimate of drug-likeness (QED) is 0.733. The van der Waals surface area contributed by atoms with E-state index in [9.17, 15) is 0 Å². The highest BCUT2D eigenvalue weighted by atomic mass is 35.5. The normalized spacial score (nSPS) is 15.4. The Morgan fingerprint density at radius 2 is 2.29 bits per heavy atom. The molecule has 0 bridgehead atoms. The van der Waals surface area contributed by atoms with Crippen LogP contribution in [-0.2, 0) is 6.54 Å². The molecule has 1 aromatic heterocycles. The van der Waals surface area contributed by atoms with E-state index < -0.39 is 0 Å². The summed E-state index contributed by atoms with van der Waals surface area (Å²) in [5.41, 5.74) is 0. The van der Waals surface area contributed by atoms with Crippen LogP contribution in [0.25, 0.3) is 0 Å². The lowest BCUT2D eigenvalue weighted by Gasteiger charge is -2.18. The van der Waals surface area contributed by atoms with Crippen LogP contribution < -0.4 is 5.32 Å². The molecule has 0 aliphatic heterocycles. The van der Waals surface area contributed by atoms with E-state index in [4.69, 9.17) is 11.6 Å². The first-order chi connectivity index (χ1) is 6.74. The Balaban J connectivity index is 2.15. The molecule has 0 amide bonds. The van der Waals surface area contributed by atoms with Gasteiger partial charge in [0.2, 0.25) is 0 Å². The largest absolute Gasteiger partial charge is 0.312 e. The molecule has 14 heavy (non-hydrogen) atoms. The zero-order chi connectivity index (χ0) is 10.4. The first kappa shape index (κ1) is 11.5. The molecule has 1 N–H and O–H groups in total. The van der Waals surface area contributed by atoms with E-state index in [1.165, 1.54) is 0 Å². The predicted molar refractivity (Wildman–Crippen MR) is 59.6 cm³/mol. The summed E-state index contributed by atoms with van der Waals surface area (Å²) in [6, 6.07) is 2.40. The van der Waals surface area contributed by atoms with Crippen LogP contribution in [0.3, 0.4) is 0 Å². The summed E-state index contributed by atoms with van der Waals surface area (Å²) in [6.07, 6.45) is 3.77. The van der Waals surface area contributed by atoms with E-state index in [2.05, 4.69) is 24.3 Å². The summed E-state index contributed by atoms with van der Waals surface area (Å²) in [7, 11) is 0. The topological polar surface area (TPSA) is 29.9 Å². The molecule has 80 valence electrons. The molecule has 1 heterocycles. The summed E-state index contributed by atoms with van der Waals surface area (Å²) in [5, 5.41) is 7.55. The van der Waals surface area contributed by atoms with Gasteiger partial charge >= 0.3 is 0 Å². The van der Waals surface area contributed by atoms with E-state index in [1.54, 1.807) is 6.20 Å². The van der Waals surface area contributed by atoms with Crippen LogP contribution in [0.1, 0.15) is 13.8 Å². The van der Waals surface area contributed by atoms with Crippen LogP contribution in [-0.4, -0.2) is 28.2 Å². The van der Waals surface area contributed by atoms with Crippen molar-refractivity contribution < 1.29 is 0 Å². The fourth-order valence-corrected chi connectivity index (χ4v) is 1.44. The average Bonchev–Trinajstić information content (AvgIpc) is 2.69. The fourth-order valence-electron chi connectivity index (χ4n) is 1.17. The van der Waals surface area contributed by atoms with Gasteiger partial charge in [0.15, 0.2) is 0 Å². The Morgan fingerprint density at radius 3 is 2.86 bits per heavy atom. The van der Waals surface area contributed by atoms with Crippen LogP contribution >= 0.6 is 11.6 Å². The van der Waals surface area contributed by atoms with Crippen molar-refractivity contribution in [2.75, 3.05) is 12.4 Å². The van der Waals surface area contributed by atoms with E-state index >= 15 is 0 Å². The Bertz CT molecular complexity index is 236. The zero-order valence-corrected chi connectivity index (χ0v) is 9.54. The highest BCUT2D eigenvalue weighted by Gasteiger charge is 2.09. The Morgan fingerprint density at radius 1 is 1.50 bits per heavy atom. The molecule has 0 radical (unpaired) electrons. The molecule has 3 nitrogen and oxygen atoms in total. The van der Waals surface area contributed by atoms with Crippen LogP contribution in [0, 0.1) is 5.92 Å². The lowest BCUT2D eigenvalue weighted by molar-refractivity contribution is 0.413. The second kappa shape index (κ2) is 6.04. The Kier molecular flexibility index (Phi) is 4.98. The predicted octanol–water partition coefficient (Wildman–Crippen LogP) is 1.74. The molecule has 0 aromatic carbocycles. The van der Waals surface area contributed by atoms with Crippen molar-refractivity contribution in [3.05, 3.63) is 18.5 Å². The number of nitrogens with zero attached hydrogens (tertiary/aromatic N) is 2. The van der Waals surface area contributed by atoms with Gasteiger partial charge in [-0.25, -0.2) is 0 Å². The van der Waals surface area contributed by atoms with Gasteiger partial charge in [-0.3, -0.25) is 4.68 Å². The number of alkyl halides is 1. The Hall–Kier alpha value is -0.540. The molecule has 0 saturated carbocycles. The molecule has 0 aliphatic rings. The van der Waals surface area contributed by atoms with Crippen molar-refractivity contribution in [3.63, 3.8) is 0 Å². The molecule has 1 rings (SSSR count). The van der Waals surface area contributed by atoms with Crippen molar-refractivity contribution in [1.82, 2.24) is 15.1 Å². The monoisotopic (exact) mass is 215 g/mol. The molecule has 4 heteroatoms. The number of nitrogens with one attached hydrogen (secondary N) is 1. The molecule has 2 atom stereocenters. The van der Waals surface area contributed by atoms with Crippen molar-refractivity contribution in [2.24, 2.45) is 5.92 Å². The number of aromatic nitrogens is 2. The summed E-state index contributed by atoms with van der Waals surface area (Å²) >= 11 is 5.77. The first-order valence-electron chi connectivity index (χ1n) is 5.01. The highest BCUT2D eigenvalue weighted by molar-refractivity contribution is 6.18. The van der Waals surface area contributed by atoms with Crippen LogP contribution in [0.5, 0.6) is 0 Å². The second-order valence-corrected chi connectivity index (χ2v) is 3.95. The van der Waals surface area contributed by atoms with E-state index in [1.807, 2.05) is 16.9 Å². The average molecular weight is 216 g/mol. The standard InChI is InChI=1S/C10H18ClN3/c1-9(8-11)10(2)12-5-7-14-6-3-4-13-14/h3-4,6,9-10,12H,5,7-8H2,1-2H3. The number of hydrogen-bond donors (Lipinski definition) is 1. The van der Waals surface area contributed by atoms with Gasteiger partial charge in [-0.15, -0.1) is 11.6 Å². The van der Waals surface area contributed by atoms with Crippen molar-refractivity contribution in [1.29, 1.82) is 0 Å². The van der Waals surface area contributed by atoms with Gasteiger partial charge in [-0.05, 0) is 18.9 Å². The maximum Gasteiger partial charge on any atom is 0.0534 e. The minimum atomic E-state index is 0.461. The van der Waals surface area contributed by atoms with Crippen LogP contribution in [0.2, 0.25) is 0 Å². The number of halogens is 1. The van der Waals surface area contributed by atoms with Gasteiger partial charge < -0.3 is 5.32 Å². The van der Waals surface area contributed by atoms with Crippen molar-refractivity contribution >= 4 is 11.6 Å². The lowest BCUT2D eigenvalue weighted by Crippen LogP contribution is -2.35. The fraction of sp³-hybridized carbons (Fsp3) is 0.700. The second-order valence-electron chi connectivity index (χ2n) is 3.64. The molecular formula is C10H18ClN3. The third-order valence-corrected chi connectivity index (χ3v) is 2.95. The van der Waals surface area contributed by atoms with E-state index in [-0.39, 0.29) is 0 Å². The molecule has 0 fully saturated rings. The van der Waals surface area contributed by atoms with E-state index in [0.29, 0.717) is 17.8 Å². The molecule has 0 saturated heterocycles. The van der Waals surface area contributed by atoms with E-state index in [0.717, 1.165) is 13.1 Å². The molecule has 0 aliphatic carbocycles. The molecule has 0 spiro atoms. The van der Waals surface area contributed by atoms with Crippen molar-refractivity contribution in [2.45, 2.75) is 26.4 Å². The number of hydrogen-bond acceptors (Lipinski definition) is 2. The van der Waals surface area contributed by atoms with Crippen molar-refractivity contribution in [3.8, 4) is 0 Å².